The number of alkyl halides is 3. The van der Waals surface area contributed by atoms with Crippen LogP contribution in [0, 0.1) is 0 Å². The second-order valence-corrected chi connectivity index (χ2v) is 10.2. The standard InChI is InChI=1S/C25H29ClN3O3.C2H4F3N.K/c26-20-7-4-8-21-23(20)25(9-11-27(12-10-25)17-19-5-2-1-3-6-19)24(31)29(21)22(30)18-28-13-15-32-16-14-28;3-2(4,5)1-6;/h1-8,22H,9-18H2;1,6H2;/q-1;;+1. The molecule has 0 saturated carbocycles. The molecule has 7 nitrogen and oxygen atoms in total. The summed E-state index contributed by atoms with van der Waals surface area (Å²) in [4.78, 5) is 19.8. The number of likely N-dealkylation sites (tertiary alicyclic amines) is 1. The topological polar surface area (TPSA) is 85.1 Å². The zero-order valence-electron chi connectivity index (χ0n) is 22.1. The van der Waals surface area contributed by atoms with Gasteiger partial charge in [0.2, 0.25) is 5.91 Å². The molecule has 1 spiro atoms. The SMILES string of the molecule is NCC(F)(F)F.O=C1N(C([O-])CN2CCOCC2)c2cccc(Cl)c2C12CCN(Cc1ccccc1)CC2.[K+]. The first kappa shape index (κ1) is 32.9. The zero-order valence-corrected chi connectivity index (χ0v) is 26.0. The van der Waals surface area contributed by atoms with Crippen LogP contribution in [0.1, 0.15) is 24.0 Å². The summed E-state index contributed by atoms with van der Waals surface area (Å²) in [6, 6.07) is 16.0. The number of hydrogen-bond donors (Lipinski definition) is 1. The van der Waals surface area contributed by atoms with Gasteiger partial charge in [-0.2, -0.15) is 13.2 Å². The summed E-state index contributed by atoms with van der Waals surface area (Å²) in [7, 11) is 0. The average Bonchev–Trinajstić information content (AvgIpc) is 3.15. The fourth-order valence-corrected chi connectivity index (χ4v) is 5.76. The van der Waals surface area contributed by atoms with Crippen molar-refractivity contribution in [3.8, 4) is 0 Å². The van der Waals surface area contributed by atoms with E-state index in [9.17, 15) is 23.1 Å². The quantitative estimate of drug-likeness (QED) is 0.482. The number of morpholine rings is 1. The van der Waals surface area contributed by atoms with E-state index in [0.29, 0.717) is 43.3 Å². The van der Waals surface area contributed by atoms with Gasteiger partial charge in [0, 0.05) is 42.5 Å². The Morgan fingerprint density at radius 2 is 1.62 bits per heavy atom. The first-order valence-corrected chi connectivity index (χ1v) is 13.1. The van der Waals surface area contributed by atoms with Crippen molar-refractivity contribution < 1.29 is 79.2 Å². The van der Waals surface area contributed by atoms with E-state index in [1.54, 1.807) is 0 Å². The molecule has 1 atom stereocenters. The van der Waals surface area contributed by atoms with Crippen LogP contribution in [-0.2, 0) is 21.5 Å². The van der Waals surface area contributed by atoms with Crippen LogP contribution < -0.4 is 67.1 Å². The Kier molecular flexibility index (Phi) is 12.3. The van der Waals surface area contributed by atoms with Crippen LogP contribution >= 0.6 is 11.6 Å². The number of amides is 1. The summed E-state index contributed by atoms with van der Waals surface area (Å²) in [6.45, 7) is 4.24. The Morgan fingerprint density at radius 3 is 2.21 bits per heavy atom. The van der Waals surface area contributed by atoms with Crippen LogP contribution in [0.25, 0.3) is 0 Å². The number of carbonyl (C=O) groups excluding carboxylic acids is 1. The van der Waals surface area contributed by atoms with Gasteiger partial charge in [0.15, 0.2) is 0 Å². The first-order valence-electron chi connectivity index (χ1n) is 12.8. The second-order valence-electron chi connectivity index (χ2n) is 9.84. The zero-order chi connectivity index (χ0) is 27.3. The number of anilines is 1. The third-order valence-electron chi connectivity index (χ3n) is 7.35. The molecule has 1 unspecified atom stereocenters. The van der Waals surface area contributed by atoms with Crippen molar-refractivity contribution in [2.45, 2.75) is 37.2 Å². The predicted octanol–water partition coefficient (Wildman–Crippen LogP) is -0.250. The second kappa shape index (κ2) is 14.5. The van der Waals surface area contributed by atoms with E-state index in [1.807, 2.05) is 24.3 Å². The molecule has 3 heterocycles. The monoisotopic (exact) mass is 592 g/mol. The normalized spacial score (nSPS) is 20.2. The third-order valence-corrected chi connectivity index (χ3v) is 7.67. The summed E-state index contributed by atoms with van der Waals surface area (Å²) >= 11 is 6.66. The van der Waals surface area contributed by atoms with Crippen LogP contribution in [0.3, 0.4) is 0 Å². The molecule has 2 saturated heterocycles. The number of fused-ring (bicyclic) bond motifs is 2. The molecule has 2 aromatic carbocycles. The summed E-state index contributed by atoms with van der Waals surface area (Å²) in [6.07, 6.45) is -3.98. The summed E-state index contributed by atoms with van der Waals surface area (Å²) in [5.74, 6) is -0.0757. The maximum Gasteiger partial charge on any atom is 1.00 e. The fourth-order valence-electron chi connectivity index (χ4n) is 5.40. The number of ether oxygens (including phenoxy) is 1. The van der Waals surface area contributed by atoms with Gasteiger partial charge in [0.05, 0.1) is 25.2 Å². The van der Waals surface area contributed by atoms with Crippen molar-refractivity contribution in [1.29, 1.82) is 0 Å². The average molecular weight is 593 g/mol. The van der Waals surface area contributed by atoms with Gasteiger partial charge < -0.3 is 20.5 Å². The number of piperidine rings is 1. The van der Waals surface area contributed by atoms with Crippen LogP contribution in [0.4, 0.5) is 18.9 Å². The predicted molar refractivity (Wildman–Crippen MR) is 138 cm³/mol. The van der Waals surface area contributed by atoms with Crippen molar-refractivity contribution in [1.82, 2.24) is 9.80 Å². The molecule has 0 aliphatic carbocycles. The van der Waals surface area contributed by atoms with Crippen LogP contribution in [-0.4, -0.2) is 80.6 Å². The van der Waals surface area contributed by atoms with E-state index < -0.39 is 24.4 Å². The van der Waals surface area contributed by atoms with Crippen molar-refractivity contribution in [2.24, 2.45) is 5.73 Å². The van der Waals surface area contributed by atoms with Crippen molar-refractivity contribution in [2.75, 3.05) is 57.4 Å². The number of halogens is 4. The van der Waals surface area contributed by atoms with E-state index in [1.165, 1.54) is 10.5 Å². The Hall–Kier alpha value is -0.574. The maximum absolute atomic E-state index is 13.8. The van der Waals surface area contributed by atoms with Crippen LogP contribution in [0.2, 0.25) is 5.02 Å². The van der Waals surface area contributed by atoms with Crippen molar-refractivity contribution in [3.63, 3.8) is 0 Å². The molecule has 2 aromatic rings. The Labute approximate surface area is 274 Å². The van der Waals surface area contributed by atoms with Gasteiger partial charge in [0.25, 0.3) is 0 Å². The van der Waals surface area contributed by atoms with E-state index >= 15 is 0 Å². The molecule has 0 aromatic heterocycles. The molecular formula is C27H33ClF3KN4O3. The molecular weight excluding hydrogens is 560 g/mol. The van der Waals surface area contributed by atoms with Gasteiger partial charge in [-0.25, -0.2) is 0 Å². The summed E-state index contributed by atoms with van der Waals surface area (Å²) in [5, 5.41) is 14.0. The number of rotatable bonds is 5. The van der Waals surface area contributed by atoms with Gasteiger partial charge in [-0.05, 0) is 49.9 Å². The minimum Gasteiger partial charge on any atom is -0.835 e. The molecule has 0 bridgehead atoms. The number of nitrogens with zero attached hydrogens (tertiary/aromatic N) is 3. The molecule has 0 radical (unpaired) electrons. The Bertz CT molecular complexity index is 1080. The molecule has 12 heteroatoms. The summed E-state index contributed by atoms with van der Waals surface area (Å²) < 4.78 is 37.4. The molecule has 2 N–H and O–H groups in total. The van der Waals surface area contributed by atoms with Crippen LogP contribution in [0.15, 0.2) is 48.5 Å². The van der Waals surface area contributed by atoms with Gasteiger partial charge in [-0.15, -0.1) is 0 Å². The fraction of sp³-hybridized carbons (Fsp3) is 0.519. The van der Waals surface area contributed by atoms with E-state index in [-0.39, 0.29) is 57.3 Å². The van der Waals surface area contributed by atoms with Crippen LogP contribution in [0.5, 0.6) is 0 Å². The minimum atomic E-state index is -4.18. The number of nitrogens with two attached hydrogens (primary N) is 1. The molecule has 39 heavy (non-hydrogen) atoms. The minimum absolute atomic E-state index is 0. The van der Waals surface area contributed by atoms with Gasteiger partial charge in [-0.1, -0.05) is 48.0 Å². The van der Waals surface area contributed by atoms with Gasteiger partial charge in [-0.3, -0.25) is 14.6 Å². The number of carbonyl (C=O) groups is 1. The van der Waals surface area contributed by atoms with E-state index in [4.69, 9.17) is 16.3 Å². The largest absolute Gasteiger partial charge is 1.00 e. The smallest absolute Gasteiger partial charge is 0.835 e. The van der Waals surface area contributed by atoms with E-state index in [0.717, 1.165) is 38.3 Å². The molecule has 3 aliphatic heterocycles. The maximum atomic E-state index is 13.8. The molecule has 3 aliphatic rings. The van der Waals surface area contributed by atoms with Crippen molar-refractivity contribution in [3.05, 3.63) is 64.7 Å². The Balaban J connectivity index is 0.000000543. The van der Waals surface area contributed by atoms with Crippen molar-refractivity contribution >= 4 is 23.2 Å². The number of benzene rings is 2. The Morgan fingerprint density at radius 1 is 1.00 bits per heavy atom. The molecule has 1 amide bonds. The first-order chi connectivity index (χ1) is 18.1. The van der Waals surface area contributed by atoms with E-state index in [2.05, 4.69) is 39.8 Å². The molecule has 5 rings (SSSR count). The summed E-state index contributed by atoms with van der Waals surface area (Å²) in [5.41, 5.74) is 6.31. The van der Waals surface area contributed by atoms with Gasteiger partial charge in [0.1, 0.15) is 0 Å². The number of hydrogen-bond acceptors (Lipinski definition) is 6. The molecule has 208 valence electrons. The van der Waals surface area contributed by atoms with Gasteiger partial charge >= 0.3 is 57.6 Å². The third kappa shape index (κ3) is 8.04. The molecule has 2 fully saturated rings.